The van der Waals surface area contributed by atoms with Gasteiger partial charge in [0.1, 0.15) is 78.0 Å². The summed E-state index contributed by atoms with van der Waals surface area (Å²) < 4.78 is 47.4. The lowest BCUT2D eigenvalue weighted by Crippen LogP contribution is -2.64. The van der Waals surface area contributed by atoms with E-state index in [1.165, 1.54) is 6.92 Å². The average molecular weight is 714 g/mol. The van der Waals surface area contributed by atoms with E-state index in [1.54, 1.807) is 0 Å². The lowest BCUT2D eigenvalue weighted by Gasteiger charge is -2.46. The van der Waals surface area contributed by atoms with Crippen LogP contribution in [0, 0.1) is 0 Å². The highest BCUT2D eigenvalue weighted by molar-refractivity contribution is 8.02. The highest BCUT2D eigenvalue weighted by Crippen LogP contribution is 2.33. The molecule has 15 atom stereocenters. The molecule has 0 radical (unpaired) electrons. The number of carbonyl (C=O) groups excluding carboxylic acids is 1. The zero-order chi connectivity index (χ0) is 33.6. The molecule has 0 aromatic heterocycles. The minimum atomic E-state index is -3.70. The molecule has 0 bridgehead atoms. The number of ether oxygens (including phenoxy) is 4. The second-order valence-electron chi connectivity index (χ2n) is 10.8. The first-order valence-corrected chi connectivity index (χ1v) is 18.0. The first-order valence-electron chi connectivity index (χ1n) is 14.1. The summed E-state index contributed by atoms with van der Waals surface area (Å²) >= 11 is 1.81. The van der Waals surface area contributed by atoms with Gasteiger partial charge in [-0.1, -0.05) is 0 Å². The van der Waals surface area contributed by atoms with Gasteiger partial charge in [-0.25, -0.2) is 8.42 Å². The van der Waals surface area contributed by atoms with Crippen molar-refractivity contribution in [3.8, 4) is 0 Å². The van der Waals surface area contributed by atoms with E-state index >= 15 is 0 Å². The molecule has 1 amide bonds. The molecule has 0 unspecified atom stereocenters. The molecule has 264 valence electrons. The van der Waals surface area contributed by atoms with Crippen molar-refractivity contribution < 1.29 is 83.2 Å². The SMILES string of the molecule is CC(=O)N[C@@H]1[C@@H](O)[C@H](O)[C@@H](CO)O[C@H]1SCCS(=O)(=O)CCS[C@@H]1O[C@H](CO)[C@@H](O[C@@H]2O[C@H](CO)[C@@H](O)[C@H](O)[C@H]2O)[C@H](O)[C@H]1O. The largest absolute Gasteiger partial charge is 0.394 e. The van der Waals surface area contributed by atoms with Gasteiger partial charge in [0.25, 0.3) is 0 Å². The van der Waals surface area contributed by atoms with Crippen LogP contribution in [-0.2, 0) is 33.6 Å². The number of hydrogen-bond acceptors (Lipinski definition) is 19. The van der Waals surface area contributed by atoms with Crippen LogP contribution in [0.25, 0.3) is 0 Å². The number of aliphatic hydroxyl groups is 10. The Labute approximate surface area is 267 Å². The molecule has 3 rings (SSSR count). The summed E-state index contributed by atoms with van der Waals surface area (Å²) in [6, 6.07) is -1.06. The Morgan fingerprint density at radius 1 is 0.689 bits per heavy atom. The fourth-order valence-corrected chi connectivity index (χ4v) is 9.70. The fourth-order valence-electron chi connectivity index (χ4n) is 4.99. The molecule has 11 N–H and O–H groups in total. The molecule has 0 aliphatic carbocycles. The summed E-state index contributed by atoms with van der Waals surface area (Å²) in [5.74, 6) is -1.36. The molecular weight excluding hydrogens is 670 g/mol. The summed E-state index contributed by atoms with van der Waals surface area (Å²) in [6.07, 6.45) is -18.4. The molecule has 21 heteroatoms. The molecule has 45 heavy (non-hydrogen) atoms. The van der Waals surface area contributed by atoms with Crippen molar-refractivity contribution >= 4 is 39.3 Å². The zero-order valence-electron chi connectivity index (χ0n) is 24.2. The number of nitrogens with one attached hydrogen (secondary N) is 1. The van der Waals surface area contributed by atoms with Crippen molar-refractivity contribution in [2.45, 2.75) is 97.3 Å². The first kappa shape index (κ1) is 39.0. The van der Waals surface area contributed by atoms with Gasteiger partial charge in [-0.3, -0.25) is 4.79 Å². The van der Waals surface area contributed by atoms with E-state index in [0.717, 1.165) is 23.5 Å². The normalized spacial score (nSPS) is 42.8. The third-order valence-electron chi connectivity index (χ3n) is 7.56. The van der Waals surface area contributed by atoms with Crippen molar-refractivity contribution in [1.82, 2.24) is 5.32 Å². The van der Waals surface area contributed by atoms with Crippen LogP contribution in [0.1, 0.15) is 6.92 Å². The maximum atomic E-state index is 12.7. The van der Waals surface area contributed by atoms with Gasteiger partial charge in [0, 0.05) is 18.4 Å². The van der Waals surface area contributed by atoms with Gasteiger partial charge in [0.05, 0.1) is 37.4 Å². The third-order valence-corrected chi connectivity index (χ3v) is 12.1. The van der Waals surface area contributed by atoms with Crippen LogP contribution in [0.5, 0.6) is 0 Å². The van der Waals surface area contributed by atoms with Crippen LogP contribution in [0.4, 0.5) is 0 Å². The Morgan fingerprint density at radius 3 is 1.76 bits per heavy atom. The molecule has 3 heterocycles. The lowest BCUT2D eigenvalue weighted by atomic mass is 9.97. The van der Waals surface area contributed by atoms with E-state index in [0.29, 0.717) is 0 Å². The number of amides is 1. The molecule has 3 aliphatic rings. The van der Waals surface area contributed by atoms with E-state index in [9.17, 15) is 64.3 Å². The summed E-state index contributed by atoms with van der Waals surface area (Å²) in [6.45, 7) is -0.878. The van der Waals surface area contributed by atoms with Crippen LogP contribution >= 0.6 is 23.5 Å². The summed E-state index contributed by atoms with van der Waals surface area (Å²) in [7, 11) is -3.70. The van der Waals surface area contributed by atoms with E-state index in [-0.39, 0.29) is 23.0 Å². The van der Waals surface area contributed by atoms with Crippen molar-refractivity contribution in [3.63, 3.8) is 0 Å². The monoisotopic (exact) mass is 713 g/mol. The molecular formula is C24H43NO17S3. The quantitative estimate of drug-likeness (QED) is 0.0797. The summed E-state index contributed by atoms with van der Waals surface area (Å²) in [5, 5.41) is 103. The predicted octanol–water partition coefficient (Wildman–Crippen LogP) is -6.56. The predicted molar refractivity (Wildman–Crippen MR) is 155 cm³/mol. The average Bonchev–Trinajstić information content (AvgIpc) is 2.99. The van der Waals surface area contributed by atoms with Crippen molar-refractivity contribution in [3.05, 3.63) is 0 Å². The van der Waals surface area contributed by atoms with Gasteiger partial charge in [-0.15, -0.1) is 23.5 Å². The fraction of sp³-hybridized carbons (Fsp3) is 0.958. The first-order chi connectivity index (χ1) is 21.1. The number of aliphatic hydroxyl groups excluding tert-OH is 10. The smallest absolute Gasteiger partial charge is 0.217 e. The molecule has 3 aliphatic heterocycles. The van der Waals surface area contributed by atoms with Gasteiger partial charge >= 0.3 is 0 Å². The highest BCUT2D eigenvalue weighted by Gasteiger charge is 2.50. The number of thioether (sulfide) groups is 2. The Balaban J connectivity index is 1.51. The van der Waals surface area contributed by atoms with Gasteiger partial charge in [0.15, 0.2) is 16.1 Å². The van der Waals surface area contributed by atoms with Gasteiger partial charge < -0.3 is 75.3 Å². The zero-order valence-corrected chi connectivity index (χ0v) is 26.6. The highest BCUT2D eigenvalue weighted by atomic mass is 32.2. The number of rotatable bonds is 14. The molecule has 0 aromatic rings. The molecule has 0 saturated carbocycles. The van der Waals surface area contributed by atoms with E-state index in [1.807, 2.05) is 0 Å². The van der Waals surface area contributed by atoms with Crippen LogP contribution in [0.2, 0.25) is 0 Å². The maximum Gasteiger partial charge on any atom is 0.217 e. The van der Waals surface area contributed by atoms with Crippen LogP contribution < -0.4 is 5.32 Å². The van der Waals surface area contributed by atoms with Gasteiger partial charge in [-0.05, 0) is 0 Å². The van der Waals surface area contributed by atoms with E-state index in [4.69, 9.17) is 18.9 Å². The second kappa shape index (κ2) is 17.3. The van der Waals surface area contributed by atoms with Crippen LogP contribution in [-0.4, -0.2) is 199 Å². The minimum absolute atomic E-state index is 0.0282. The molecule has 3 saturated heterocycles. The number of carbonyl (C=O) groups is 1. The molecule has 0 spiro atoms. The Hall–Kier alpha value is -0.440. The lowest BCUT2D eigenvalue weighted by molar-refractivity contribution is -0.338. The molecule has 0 aromatic carbocycles. The van der Waals surface area contributed by atoms with E-state index in [2.05, 4.69) is 5.32 Å². The summed E-state index contributed by atoms with van der Waals surface area (Å²) in [4.78, 5) is 11.6. The Kier molecular flexibility index (Phi) is 15.0. The Morgan fingerprint density at radius 2 is 1.20 bits per heavy atom. The standard InChI is InChI=1S/C24H43NO17S3/c1-9(29)25-13-16(32)14(30)11(7-27)40-23(13)43-2-4-45(37,38)5-3-44-24-20(36)18(34)21(12(8-28)41-24)42-22-19(35)17(33)15(31)10(6-26)39-22/h10-24,26-28,30-36H,2-8H2,1H3,(H,25,29)/t10-,11-,12-,13-,14-,15-,16-,17+,18-,19-,20-,21-,22+,23+,24+/m1/s1. The van der Waals surface area contributed by atoms with Crippen molar-refractivity contribution in [2.75, 3.05) is 42.8 Å². The summed E-state index contributed by atoms with van der Waals surface area (Å²) in [5.41, 5.74) is -2.16. The maximum absolute atomic E-state index is 12.7. The van der Waals surface area contributed by atoms with Crippen molar-refractivity contribution in [2.24, 2.45) is 0 Å². The second-order valence-corrected chi connectivity index (χ2v) is 15.5. The van der Waals surface area contributed by atoms with Gasteiger partial charge in [-0.2, -0.15) is 0 Å². The third kappa shape index (κ3) is 9.81. The molecule has 18 nitrogen and oxygen atoms in total. The topological polar surface area (TPSA) is 302 Å². The van der Waals surface area contributed by atoms with Crippen molar-refractivity contribution in [1.29, 1.82) is 0 Å². The van der Waals surface area contributed by atoms with Crippen LogP contribution in [0.15, 0.2) is 0 Å². The number of hydrogen-bond donors (Lipinski definition) is 11. The molecule has 3 fully saturated rings. The number of sulfone groups is 1. The Bertz CT molecular complexity index is 1040. The minimum Gasteiger partial charge on any atom is -0.394 e. The van der Waals surface area contributed by atoms with Crippen LogP contribution in [0.3, 0.4) is 0 Å². The van der Waals surface area contributed by atoms with Gasteiger partial charge in [0.2, 0.25) is 5.91 Å². The van der Waals surface area contributed by atoms with E-state index < -0.39 is 126 Å².